The highest BCUT2D eigenvalue weighted by molar-refractivity contribution is 6.03. The van der Waals surface area contributed by atoms with Crippen molar-refractivity contribution in [3.8, 4) is 17.2 Å². The van der Waals surface area contributed by atoms with Crippen LogP contribution in [0.5, 0.6) is 17.2 Å². The summed E-state index contributed by atoms with van der Waals surface area (Å²) in [6.45, 7) is 6.08. The van der Waals surface area contributed by atoms with Gasteiger partial charge in [0.2, 0.25) is 0 Å². The Kier molecular flexibility index (Phi) is 5.01. The van der Waals surface area contributed by atoms with Crippen molar-refractivity contribution in [2.24, 2.45) is 5.41 Å². The SMILES string of the molecule is CCCC(=O)c1c(O)c(C)c(OC)c2c1OC1(OC)C(C)(C2)C(=O)OC1(C)C(=O)O. The van der Waals surface area contributed by atoms with Gasteiger partial charge in [0.05, 0.1) is 7.11 Å². The fourth-order valence-electron chi connectivity index (χ4n) is 4.61. The molecule has 2 heterocycles. The highest BCUT2D eigenvalue weighted by Crippen LogP contribution is 2.60. The summed E-state index contributed by atoms with van der Waals surface area (Å²) in [7, 11) is 2.61. The van der Waals surface area contributed by atoms with Crippen molar-refractivity contribution in [2.75, 3.05) is 14.2 Å². The Morgan fingerprint density at radius 2 is 1.83 bits per heavy atom. The Hall–Kier alpha value is -2.81. The standard InChI is InChI=1S/C21H26O9/c1-7-8-12(22)13-14(23)10(2)15(27-5)11-9-19(3)18(26)30-20(4,17(24)25)21(19,28-6)29-16(11)13/h23H,7-9H2,1-6H3,(H,24,25). The van der Waals surface area contributed by atoms with Crippen molar-refractivity contribution in [1.29, 1.82) is 0 Å². The van der Waals surface area contributed by atoms with Gasteiger partial charge in [-0.2, -0.15) is 0 Å². The molecule has 0 amide bonds. The van der Waals surface area contributed by atoms with Crippen LogP contribution in [0.4, 0.5) is 0 Å². The van der Waals surface area contributed by atoms with Gasteiger partial charge < -0.3 is 29.2 Å². The Labute approximate surface area is 173 Å². The molecule has 1 aromatic carbocycles. The van der Waals surface area contributed by atoms with Gasteiger partial charge in [0.1, 0.15) is 28.2 Å². The fourth-order valence-corrected chi connectivity index (χ4v) is 4.61. The van der Waals surface area contributed by atoms with Crippen molar-refractivity contribution < 1.29 is 43.5 Å². The number of ketones is 1. The Morgan fingerprint density at radius 1 is 1.20 bits per heavy atom. The number of ether oxygens (including phenoxy) is 4. The smallest absolute Gasteiger partial charge is 0.355 e. The second kappa shape index (κ2) is 6.87. The summed E-state index contributed by atoms with van der Waals surface area (Å²) in [6, 6.07) is 0. The predicted octanol–water partition coefficient (Wildman–Crippen LogP) is 2.38. The molecule has 1 saturated heterocycles. The van der Waals surface area contributed by atoms with Gasteiger partial charge in [-0.1, -0.05) is 6.92 Å². The molecule has 0 spiro atoms. The summed E-state index contributed by atoms with van der Waals surface area (Å²) < 4.78 is 22.4. The minimum atomic E-state index is -2.19. The molecule has 1 fully saturated rings. The molecule has 30 heavy (non-hydrogen) atoms. The maximum absolute atomic E-state index is 12.9. The number of aromatic hydroxyl groups is 1. The molecule has 0 aromatic heterocycles. The van der Waals surface area contributed by atoms with Gasteiger partial charge >= 0.3 is 11.9 Å². The second-order valence-electron chi connectivity index (χ2n) is 8.02. The van der Waals surface area contributed by atoms with E-state index in [2.05, 4.69) is 0 Å². The van der Waals surface area contributed by atoms with Crippen LogP contribution in [0.25, 0.3) is 0 Å². The van der Waals surface area contributed by atoms with Crippen LogP contribution < -0.4 is 9.47 Å². The summed E-state index contributed by atoms with van der Waals surface area (Å²) in [4.78, 5) is 37.9. The third kappa shape index (κ3) is 2.41. The molecule has 3 unspecified atom stereocenters. The third-order valence-electron chi connectivity index (χ3n) is 6.24. The van der Waals surface area contributed by atoms with Gasteiger partial charge in [-0.25, -0.2) is 4.79 Å². The monoisotopic (exact) mass is 422 g/mol. The lowest BCUT2D eigenvalue weighted by molar-refractivity contribution is -0.274. The highest BCUT2D eigenvalue weighted by Gasteiger charge is 2.79. The minimum absolute atomic E-state index is 0.0569. The summed E-state index contributed by atoms with van der Waals surface area (Å²) in [5.74, 6) is -4.86. The van der Waals surface area contributed by atoms with Gasteiger partial charge in [0.15, 0.2) is 5.78 Å². The number of esters is 1. The second-order valence-corrected chi connectivity index (χ2v) is 8.02. The lowest BCUT2D eigenvalue weighted by Gasteiger charge is -2.47. The summed E-state index contributed by atoms with van der Waals surface area (Å²) in [5.41, 5.74) is -3.14. The van der Waals surface area contributed by atoms with Crippen LogP contribution in [-0.2, 0) is 25.5 Å². The predicted molar refractivity (Wildman–Crippen MR) is 103 cm³/mol. The van der Waals surface area contributed by atoms with Crippen molar-refractivity contribution in [2.45, 2.75) is 58.3 Å². The van der Waals surface area contributed by atoms with E-state index in [1.54, 1.807) is 6.92 Å². The Morgan fingerprint density at radius 3 is 2.33 bits per heavy atom. The van der Waals surface area contributed by atoms with Crippen LogP contribution in [0.15, 0.2) is 0 Å². The van der Waals surface area contributed by atoms with E-state index < -0.39 is 28.7 Å². The molecule has 2 aliphatic rings. The van der Waals surface area contributed by atoms with Crippen LogP contribution in [0.1, 0.15) is 55.1 Å². The number of benzene rings is 1. The van der Waals surface area contributed by atoms with Gasteiger partial charge in [0.25, 0.3) is 11.4 Å². The van der Waals surface area contributed by atoms with Crippen molar-refractivity contribution in [3.63, 3.8) is 0 Å². The van der Waals surface area contributed by atoms with E-state index in [1.807, 2.05) is 6.92 Å². The zero-order chi connectivity index (χ0) is 22.6. The number of Topliss-reactive ketones (excluding diaryl/α,β-unsaturated/α-hetero) is 1. The molecule has 2 aliphatic heterocycles. The zero-order valence-corrected chi connectivity index (χ0v) is 17.9. The molecule has 9 heteroatoms. The Bertz CT molecular complexity index is 953. The first kappa shape index (κ1) is 21.9. The number of rotatable bonds is 6. The number of phenols is 1. The molecule has 0 radical (unpaired) electrons. The van der Waals surface area contributed by atoms with E-state index in [0.29, 0.717) is 17.5 Å². The number of aliphatic carboxylic acids is 1. The van der Waals surface area contributed by atoms with Crippen LogP contribution in [0, 0.1) is 12.3 Å². The number of hydrogen-bond acceptors (Lipinski definition) is 8. The largest absolute Gasteiger partial charge is 0.507 e. The third-order valence-corrected chi connectivity index (χ3v) is 6.24. The lowest BCUT2D eigenvalue weighted by atomic mass is 9.69. The van der Waals surface area contributed by atoms with Gasteiger partial charge in [0, 0.05) is 31.1 Å². The van der Waals surface area contributed by atoms with Crippen LogP contribution in [-0.4, -0.2) is 53.5 Å². The molecule has 2 N–H and O–H groups in total. The highest BCUT2D eigenvalue weighted by atomic mass is 16.7. The molecular formula is C21H26O9. The minimum Gasteiger partial charge on any atom is -0.507 e. The molecule has 1 aromatic rings. The van der Waals surface area contributed by atoms with E-state index in [-0.39, 0.29) is 41.4 Å². The van der Waals surface area contributed by atoms with Gasteiger partial charge in [-0.3, -0.25) is 9.59 Å². The topological polar surface area (TPSA) is 129 Å². The van der Waals surface area contributed by atoms with Crippen molar-refractivity contribution in [3.05, 3.63) is 16.7 Å². The first-order valence-corrected chi connectivity index (χ1v) is 9.62. The summed E-state index contributed by atoms with van der Waals surface area (Å²) in [6.07, 6.45) is 0.590. The maximum atomic E-state index is 12.9. The number of phenolic OH excluding ortho intramolecular Hbond substituents is 1. The lowest BCUT2D eigenvalue weighted by Crippen LogP contribution is -2.67. The number of carboxylic acid groups (broad SMARTS) is 1. The average Bonchev–Trinajstić information content (AvgIpc) is 2.86. The quantitative estimate of drug-likeness (QED) is 0.524. The van der Waals surface area contributed by atoms with Gasteiger partial charge in [-0.15, -0.1) is 0 Å². The molecule has 0 bridgehead atoms. The molecule has 3 rings (SSSR count). The Balaban J connectivity index is 2.40. The number of carbonyl (C=O) groups is 3. The van der Waals surface area contributed by atoms with E-state index >= 15 is 0 Å². The molecule has 0 saturated carbocycles. The van der Waals surface area contributed by atoms with E-state index in [4.69, 9.17) is 18.9 Å². The fraction of sp³-hybridized carbons (Fsp3) is 0.571. The molecule has 9 nitrogen and oxygen atoms in total. The molecular weight excluding hydrogens is 396 g/mol. The van der Waals surface area contributed by atoms with E-state index in [0.717, 1.165) is 0 Å². The van der Waals surface area contributed by atoms with Crippen molar-refractivity contribution >= 4 is 17.7 Å². The molecule has 0 aliphatic carbocycles. The molecule has 164 valence electrons. The zero-order valence-electron chi connectivity index (χ0n) is 17.9. The first-order valence-electron chi connectivity index (χ1n) is 9.62. The summed E-state index contributed by atoms with van der Waals surface area (Å²) >= 11 is 0. The van der Waals surface area contributed by atoms with Crippen LogP contribution >= 0.6 is 0 Å². The number of cyclic esters (lactones) is 1. The maximum Gasteiger partial charge on any atom is 0.355 e. The van der Waals surface area contributed by atoms with E-state index in [1.165, 1.54) is 28.1 Å². The number of hydrogen-bond donors (Lipinski definition) is 2. The van der Waals surface area contributed by atoms with Crippen molar-refractivity contribution in [1.82, 2.24) is 0 Å². The average molecular weight is 422 g/mol. The number of carboxylic acids is 1. The number of methoxy groups -OCH3 is 2. The van der Waals surface area contributed by atoms with Gasteiger partial charge in [-0.05, 0) is 27.2 Å². The summed E-state index contributed by atoms with van der Waals surface area (Å²) in [5, 5.41) is 20.7. The number of carbonyl (C=O) groups excluding carboxylic acids is 2. The molecule has 3 atom stereocenters. The van der Waals surface area contributed by atoms with E-state index in [9.17, 15) is 24.6 Å². The normalized spacial score (nSPS) is 29.5. The van der Waals surface area contributed by atoms with Crippen LogP contribution in [0.2, 0.25) is 0 Å². The van der Waals surface area contributed by atoms with Crippen LogP contribution in [0.3, 0.4) is 0 Å². The number of fused-ring (bicyclic) bond motifs is 2. The first-order chi connectivity index (χ1) is 14.0.